The van der Waals surface area contributed by atoms with Gasteiger partial charge in [-0.15, -0.1) is 0 Å². The molecule has 4 heteroatoms. The third-order valence-electron chi connectivity index (χ3n) is 14.5. The lowest BCUT2D eigenvalue weighted by Gasteiger charge is -2.21. The van der Waals surface area contributed by atoms with Crippen molar-refractivity contribution in [2.75, 3.05) is 0 Å². The van der Waals surface area contributed by atoms with Crippen LogP contribution in [0.3, 0.4) is 0 Å². The number of para-hydroxylation sites is 3. The first-order chi connectivity index (χ1) is 31.7. The minimum Gasteiger partial charge on any atom is -0.313 e. The molecule has 4 aliphatic rings. The van der Waals surface area contributed by atoms with Crippen LogP contribution in [0.2, 0.25) is 0 Å². The number of benzene rings is 7. The number of nitrogens with zero attached hydrogens (tertiary/aromatic N) is 4. The van der Waals surface area contributed by atoms with Crippen LogP contribution in [0.25, 0.3) is 95.2 Å². The van der Waals surface area contributed by atoms with Crippen LogP contribution in [0.15, 0.2) is 206 Å². The second kappa shape index (κ2) is 13.6. The minimum absolute atomic E-state index is 0.109. The first-order valence-corrected chi connectivity index (χ1v) is 22.6. The van der Waals surface area contributed by atoms with Crippen molar-refractivity contribution in [3.63, 3.8) is 0 Å². The maximum absolute atomic E-state index is 5.34. The van der Waals surface area contributed by atoms with E-state index in [0.717, 1.165) is 40.3 Å². The molecule has 3 aromatic heterocycles. The van der Waals surface area contributed by atoms with Gasteiger partial charge in [0.05, 0.1) is 27.9 Å². The molecule has 4 aliphatic carbocycles. The lowest BCUT2D eigenvalue weighted by atomic mass is 9.86. The number of hydrogen-bond donors (Lipinski definition) is 0. The maximum Gasteiger partial charge on any atom is 0.160 e. The Balaban J connectivity index is 0.915. The zero-order valence-corrected chi connectivity index (χ0v) is 35.1. The largest absolute Gasteiger partial charge is 0.313 e. The van der Waals surface area contributed by atoms with E-state index in [0.29, 0.717) is 17.8 Å². The van der Waals surface area contributed by atoms with Crippen molar-refractivity contribution >= 4 is 44.5 Å². The summed E-state index contributed by atoms with van der Waals surface area (Å²) in [6.07, 6.45) is 14.5. The van der Waals surface area contributed by atoms with Gasteiger partial charge in [-0.25, -0.2) is 9.97 Å². The molecule has 4 atom stereocenters. The summed E-state index contributed by atoms with van der Waals surface area (Å²) in [5.41, 5.74) is 17.7. The zero-order chi connectivity index (χ0) is 41.9. The van der Waals surface area contributed by atoms with Crippen LogP contribution < -0.4 is 0 Å². The summed E-state index contributed by atoms with van der Waals surface area (Å²) in [5.74, 6) is 2.35. The van der Waals surface area contributed by atoms with E-state index in [2.05, 4.69) is 215 Å². The molecule has 0 N–H and O–H groups in total. The lowest BCUT2D eigenvalue weighted by Crippen LogP contribution is -2.11. The highest BCUT2D eigenvalue weighted by atomic mass is 15.0. The van der Waals surface area contributed by atoms with Gasteiger partial charge in [0.2, 0.25) is 0 Å². The Kier molecular flexibility index (Phi) is 7.59. The molecule has 14 rings (SSSR count). The predicted molar refractivity (Wildman–Crippen MR) is 263 cm³/mol. The zero-order valence-electron chi connectivity index (χ0n) is 35.1. The van der Waals surface area contributed by atoms with Crippen molar-refractivity contribution in [1.82, 2.24) is 19.1 Å². The van der Waals surface area contributed by atoms with Crippen molar-refractivity contribution in [3.8, 4) is 50.7 Å². The van der Waals surface area contributed by atoms with Crippen LogP contribution in [-0.4, -0.2) is 19.1 Å². The normalized spacial score (nSPS) is 20.2. The van der Waals surface area contributed by atoms with E-state index in [1.807, 2.05) is 6.07 Å². The standard InChI is InChI=1S/C60H42N4/c1-3-13-39(14-4-1)53-36-54(62-59(61-53)40-15-5-2-6-16-40)43-31-42(38-23-26-46(27-24-38)64-57-22-12-9-19-50(57)51-28-25-41-34-52(41)58(51)64)32-44(33-43)60-30-29-47(35-45(60)37-60)63-55-20-10-7-17-48(55)49-18-8-11-21-56(49)63/h1-33,35-36,41,45,52H,34,37H2. The number of rotatable bonds is 7. The number of hydrogen-bond acceptors (Lipinski definition) is 2. The Hall–Kier alpha value is -7.82. The molecule has 0 radical (unpaired) electrons. The van der Waals surface area contributed by atoms with Gasteiger partial charge in [-0.05, 0) is 96.0 Å². The molecule has 0 saturated heterocycles. The van der Waals surface area contributed by atoms with Crippen molar-refractivity contribution in [3.05, 3.63) is 223 Å². The summed E-state index contributed by atoms with van der Waals surface area (Å²) in [4.78, 5) is 10.5. The number of fused-ring (bicyclic) bond motifs is 9. The Labute approximate surface area is 371 Å². The van der Waals surface area contributed by atoms with Gasteiger partial charge in [-0.3, -0.25) is 0 Å². The molecule has 4 unspecified atom stereocenters. The summed E-state index contributed by atoms with van der Waals surface area (Å²) in [6.45, 7) is 0. The van der Waals surface area contributed by atoms with E-state index in [1.54, 1.807) is 0 Å². The molecule has 2 saturated carbocycles. The van der Waals surface area contributed by atoms with Crippen LogP contribution in [0.5, 0.6) is 0 Å². The third kappa shape index (κ3) is 5.48. The summed E-state index contributed by atoms with van der Waals surface area (Å²) < 4.78 is 4.98. The summed E-state index contributed by atoms with van der Waals surface area (Å²) >= 11 is 0. The van der Waals surface area contributed by atoms with Crippen LogP contribution in [0.1, 0.15) is 35.6 Å². The van der Waals surface area contributed by atoms with Gasteiger partial charge >= 0.3 is 0 Å². The highest BCUT2D eigenvalue weighted by Gasteiger charge is 2.54. The van der Waals surface area contributed by atoms with Crippen molar-refractivity contribution in [2.24, 2.45) is 11.8 Å². The van der Waals surface area contributed by atoms with Crippen LogP contribution in [0.4, 0.5) is 0 Å². The third-order valence-corrected chi connectivity index (χ3v) is 14.5. The summed E-state index contributed by atoms with van der Waals surface area (Å²) in [7, 11) is 0. The van der Waals surface area contributed by atoms with Crippen molar-refractivity contribution in [2.45, 2.75) is 24.2 Å². The van der Waals surface area contributed by atoms with Crippen LogP contribution >= 0.6 is 0 Å². The second-order valence-corrected chi connectivity index (χ2v) is 18.2. The molecule has 7 aromatic carbocycles. The SMILES string of the molecule is C1=CC2(c3cc(-c4ccc(-n5c6c(c7ccccc75)C=CC5CC65)cc4)cc(-c4cc(-c5ccccc5)nc(-c5ccccc5)n4)c3)CC2C=C1n1c2ccccc2c2ccccc21. The van der Waals surface area contributed by atoms with Crippen LogP contribution in [0, 0.1) is 11.8 Å². The van der Waals surface area contributed by atoms with E-state index in [1.165, 1.54) is 78.5 Å². The highest BCUT2D eigenvalue weighted by Crippen LogP contribution is 2.60. The van der Waals surface area contributed by atoms with Gasteiger partial charge < -0.3 is 9.13 Å². The number of allylic oxidation sites excluding steroid dienone is 5. The molecule has 0 aliphatic heterocycles. The fourth-order valence-electron chi connectivity index (χ4n) is 11.1. The second-order valence-electron chi connectivity index (χ2n) is 18.2. The molecule has 302 valence electrons. The van der Waals surface area contributed by atoms with Gasteiger partial charge in [0.25, 0.3) is 0 Å². The van der Waals surface area contributed by atoms with Gasteiger partial charge in [-0.1, -0.05) is 158 Å². The molecule has 0 spiro atoms. The Morgan fingerprint density at radius 3 is 1.81 bits per heavy atom. The van der Waals surface area contributed by atoms with E-state index in [4.69, 9.17) is 9.97 Å². The van der Waals surface area contributed by atoms with Gasteiger partial charge in [0.1, 0.15) is 0 Å². The lowest BCUT2D eigenvalue weighted by molar-refractivity contribution is 0.815. The van der Waals surface area contributed by atoms with Crippen molar-refractivity contribution in [1.29, 1.82) is 0 Å². The predicted octanol–water partition coefficient (Wildman–Crippen LogP) is 14.7. The molecular weight excluding hydrogens is 777 g/mol. The summed E-state index contributed by atoms with van der Waals surface area (Å²) in [6, 6.07) is 66.0. The molecule has 4 nitrogen and oxygen atoms in total. The Bertz CT molecular complexity index is 3510. The fourth-order valence-corrected chi connectivity index (χ4v) is 11.1. The fraction of sp³-hybridized carbons (Fsp3) is 0.100. The van der Waals surface area contributed by atoms with Crippen molar-refractivity contribution < 1.29 is 0 Å². The molecule has 3 heterocycles. The van der Waals surface area contributed by atoms with Gasteiger partial charge in [0, 0.05) is 66.8 Å². The monoisotopic (exact) mass is 818 g/mol. The smallest absolute Gasteiger partial charge is 0.160 e. The number of aromatic nitrogens is 4. The molecular formula is C60H42N4. The van der Waals surface area contributed by atoms with E-state index in [-0.39, 0.29) is 5.41 Å². The Morgan fingerprint density at radius 1 is 0.500 bits per heavy atom. The first-order valence-electron chi connectivity index (χ1n) is 22.6. The summed E-state index contributed by atoms with van der Waals surface area (Å²) in [5, 5.41) is 3.91. The van der Waals surface area contributed by atoms with Crippen LogP contribution in [-0.2, 0) is 5.41 Å². The van der Waals surface area contributed by atoms with E-state index < -0.39 is 0 Å². The van der Waals surface area contributed by atoms with E-state index in [9.17, 15) is 0 Å². The average molecular weight is 819 g/mol. The quantitative estimate of drug-likeness (QED) is 0.161. The first kappa shape index (κ1) is 35.7. The molecule has 64 heavy (non-hydrogen) atoms. The minimum atomic E-state index is -0.109. The van der Waals surface area contributed by atoms with Gasteiger partial charge in [0.15, 0.2) is 5.82 Å². The Morgan fingerprint density at radius 2 is 1.11 bits per heavy atom. The van der Waals surface area contributed by atoms with Gasteiger partial charge in [-0.2, -0.15) is 0 Å². The topological polar surface area (TPSA) is 35.6 Å². The average Bonchev–Trinajstić information content (AvgIpc) is 4.27. The molecule has 0 amide bonds. The molecule has 10 aromatic rings. The maximum atomic E-state index is 5.34. The van der Waals surface area contributed by atoms with E-state index >= 15 is 0 Å². The molecule has 2 fully saturated rings. The highest BCUT2D eigenvalue weighted by molar-refractivity contribution is 6.10. The molecule has 0 bridgehead atoms.